The molecular weight excluding hydrogens is 237 g/mol. The molecule has 0 saturated heterocycles. The number of carbonyl (C=O) groups is 1. The van der Waals surface area contributed by atoms with Gasteiger partial charge in [0.25, 0.3) is 0 Å². The van der Waals surface area contributed by atoms with Crippen molar-refractivity contribution in [1.82, 2.24) is 0 Å². The van der Waals surface area contributed by atoms with Crippen LogP contribution in [0.2, 0.25) is 5.02 Å². The number of aliphatic carboxylic acids is 1. The molecule has 0 saturated carbocycles. The Balaban J connectivity index is 3.07. The van der Waals surface area contributed by atoms with Gasteiger partial charge in [0.05, 0.1) is 12.1 Å². The number of rotatable bonds is 4. The lowest BCUT2D eigenvalue weighted by molar-refractivity contribution is -0.138. The maximum atomic E-state index is 13.4. The van der Waals surface area contributed by atoms with Gasteiger partial charge in [0, 0.05) is 12.0 Å². The van der Waals surface area contributed by atoms with Gasteiger partial charge in [-0.1, -0.05) is 11.6 Å². The minimum atomic E-state index is -1.21. The van der Waals surface area contributed by atoms with Crippen molar-refractivity contribution >= 4 is 17.6 Å². The third-order valence-electron chi connectivity index (χ3n) is 2.11. The zero-order valence-electron chi connectivity index (χ0n) is 8.54. The number of methoxy groups -OCH3 is 1. The molecule has 1 aromatic carbocycles. The first-order valence-corrected chi connectivity index (χ1v) is 4.84. The largest absolute Gasteiger partial charge is 0.495 e. The maximum absolute atomic E-state index is 13.4. The van der Waals surface area contributed by atoms with E-state index in [1.807, 2.05) is 0 Å². The van der Waals surface area contributed by atoms with E-state index >= 15 is 0 Å². The SMILES string of the molecule is COc1ccc(F)c(CC(N)C(=O)O)c1Cl. The molecule has 3 N–H and O–H groups in total. The summed E-state index contributed by atoms with van der Waals surface area (Å²) in [6.07, 6.45) is -0.183. The molecule has 4 nitrogen and oxygen atoms in total. The van der Waals surface area contributed by atoms with Gasteiger partial charge in [-0.15, -0.1) is 0 Å². The molecule has 1 rings (SSSR count). The summed E-state index contributed by atoms with van der Waals surface area (Å²) in [4.78, 5) is 10.6. The molecule has 1 unspecified atom stereocenters. The van der Waals surface area contributed by atoms with E-state index in [9.17, 15) is 9.18 Å². The smallest absolute Gasteiger partial charge is 0.320 e. The Morgan fingerprint density at radius 3 is 2.81 bits per heavy atom. The van der Waals surface area contributed by atoms with Gasteiger partial charge >= 0.3 is 5.97 Å². The molecule has 1 aromatic rings. The summed E-state index contributed by atoms with van der Waals surface area (Å²) < 4.78 is 18.3. The van der Waals surface area contributed by atoms with Crippen molar-refractivity contribution in [1.29, 1.82) is 0 Å². The zero-order chi connectivity index (χ0) is 12.3. The summed E-state index contributed by atoms with van der Waals surface area (Å²) in [5.74, 6) is -1.52. The van der Waals surface area contributed by atoms with E-state index in [4.69, 9.17) is 27.2 Å². The molecule has 88 valence electrons. The Kier molecular flexibility index (Phi) is 4.09. The van der Waals surface area contributed by atoms with Crippen LogP contribution in [0.15, 0.2) is 12.1 Å². The average molecular weight is 248 g/mol. The summed E-state index contributed by atoms with van der Waals surface area (Å²) in [5, 5.41) is 8.68. The van der Waals surface area contributed by atoms with Crippen molar-refractivity contribution in [3.63, 3.8) is 0 Å². The lowest BCUT2D eigenvalue weighted by atomic mass is 10.1. The highest BCUT2D eigenvalue weighted by Crippen LogP contribution is 2.30. The van der Waals surface area contributed by atoms with Gasteiger partial charge in [-0.25, -0.2) is 4.39 Å². The number of nitrogens with two attached hydrogens (primary N) is 1. The molecular formula is C10H11ClFNO3. The maximum Gasteiger partial charge on any atom is 0.320 e. The fourth-order valence-electron chi connectivity index (χ4n) is 1.23. The molecule has 0 aliphatic rings. The van der Waals surface area contributed by atoms with E-state index in [2.05, 4.69) is 0 Å². The average Bonchev–Trinajstić information content (AvgIpc) is 2.24. The standard InChI is InChI=1S/C10H11ClFNO3/c1-16-8-3-2-6(12)5(9(8)11)4-7(13)10(14)15/h2-3,7H,4,13H2,1H3,(H,14,15). The van der Waals surface area contributed by atoms with Gasteiger partial charge in [0.15, 0.2) is 0 Å². The quantitative estimate of drug-likeness (QED) is 0.845. The summed E-state index contributed by atoms with van der Waals surface area (Å²) >= 11 is 5.85. The van der Waals surface area contributed by atoms with Crippen molar-refractivity contribution in [2.24, 2.45) is 5.73 Å². The van der Waals surface area contributed by atoms with Crippen molar-refractivity contribution in [3.05, 3.63) is 28.5 Å². The normalized spacial score (nSPS) is 12.2. The van der Waals surface area contributed by atoms with Crippen LogP contribution in [0.1, 0.15) is 5.56 Å². The van der Waals surface area contributed by atoms with Crippen LogP contribution in [-0.2, 0) is 11.2 Å². The highest BCUT2D eigenvalue weighted by atomic mass is 35.5. The molecule has 16 heavy (non-hydrogen) atoms. The number of benzene rings is 1. The minimum Gasteiger partial charge on any atom is -0.495 e. The van der Waals surface area contributed by atoms with Gasteiger partial charge in [-0.3, -0.25) is 4.79 Å². The fraction of sp³-hybridized carbons (Fsp3) is 0.300. The molecule has 0 aromatic heterocycles. The minimum absolute atomic E-state index is 0.0518. The fourth-order valence-corrected chi connectivity index (χ4v) is 1.54. The summed E-state index contributed by atoms with van der Waals surface area (Å²) in [6, 6.07) is 1.33. The highest BCUT2D eigenvalue weighted by Gasteiger charge is 2.19. The molecule has 0 spiro atoms. The first kappa shape index (κ1) is 12.7. The van der Waals surface area contributed by atoms with Crippen LogP contribution in [0.3, 0.4) is 0 Å². The van der Waals surface area contributed by atoms with Gasteiger partial charge in [-0.05, 0) is 12.1 Å². The van der Waals surface area contributed by atoms with E-state index in [0.29, 0.717) is 0 Å². The lowest BCUT2D eigenvalue weighted by Crippen LogP contribution is -2.32. The predicted molar refractivity (Wildman–Crippen MR) is 57.3 cm³/mol. The van der Waals surface area contributed by atoms with Crippen LogP contribution >= 0.6 is 11.6 Å². The van der Waals surface area contributed by atoms with Crippen LogP contribution in [0.25, 0.3) is 0 Å². The Labute approximate surface area is 96.8 Å². The van der Waals surface area contributed by atoms with E-state index < -0.39 is 17.8 Å². The molecule has 0 bridgehead atoms. The van der Waals surface area contributed by atoms with Crippen LogP contribution < -0.4 is 10.5 Å². The number of carboxylic acids is 1. The van der Waals surface area contributed by atoms with Gasteiger partial charge < -0.3 is 15.6 Å². The van der Waals surface area contributed by atoms with Gasteiger partial charge in [0.1, 0.15) is 17.6 Å². The topological polar surface area (TPSA) is 72.5 Å². The van der Waals surface area contributed by atoms with Crippen molar-refractivity contribution in [2.75, 3.05) is 7.11 Å². The predicted octanol–water partition coefficient (Wildman–Crippen LogP) is 1.44. The Bertz CT molecular complexity index is 411. The molecule has 0 aliphatic carbocycles. The second-order valence-electron chi connectivity index (χ2n) is 3.19. The Morgan fingerprint density at radius 2 is 2.31 bits per heavy atom. The Morgan fingerprint density at radius 1 is 1.69 bits per heavy atom. The molecule has 1 atom stereocenters. The Hall–Kier alpha value is -1.33. The second kappa shape index (κ2) is 5.14. The highest BCUT2D eigenvalue weighted by molar-refractivity contribution is 6.32. The van der Waals surface area contributed by atoms with Gasteiger partial charge in [-0.2, -0.15) is 0 Å². The van der Waals surface area contributed by atoms with Crippen molar-refractivity contribution in [2.45, 2.75) is 12.5 Å². The van der Waals surface area contributed by atoms with Crippen LogP contribution in [-0.4, -0.2) is 24.2 Å². The summed E-state index contributed by atoms with van der Waals surface area (Å²) in [7, 11) is 1.39. The van der Waals surface area contributed by atoms with Crippen LogP contribution in [0, 0.1) is 5.82 Å². The number of halogens is 2. The summed E-state index contributed by atoms with van der Waals surface area (Å²) in [5.41, 5.74) is 5.36. The molecule has 0 heterocycles. The number of carboxylic acid groups (broad SMARTS) is 1. The number of ether oxygens (including phenoxy) is 1. The van der Waals surface area contributed by atoms with Crippen molar-refractivity contribution < 1.29 is 19.0 Å². The molecule has 0 aliphatic heterocycles. The van der Waals surface area contributed by atoms with Crippen LogP contribution in [0.4, 0.5) is 4.39 Å². The van der Waals surface area contributed by atoms with E-state index in [0.717, 1.165) is 6.07 Å². The number of hydrogen-bond acceptors (Lipinski definition) is 3. The van der Waals surface area contributed by atoms with Crippen LogP contribution in [0.5, 0.6) is 5.75 Å². The number of hydrogen-bond donors (Lipinski definition) is 2. The summed E-state index contributed by atoms with van der Waals surface area (Å²) in [6.45, 7) is 0. The van der Waals surface area contributed by atoms with Crippen molar-refractivity contribution in [3.8, 4) is 5.75 Å². The zero-order valence-corrected chi connectivity index (χ0v) is 9.29. The van der Waals surface area contributed by atoms with E-state index in [-0.39, 0.29) is 22.8 Å². The molecule has 0 radical (unpaired) electrons. The second-order valence-corrected chi connectivity index (χ2v) is 3.57. The third kappa shape index (κ3) is 2.62. The molecule has 0 amide bonds. The van der Waals surface area contributed by atoms with Gasteiger partial charge in [0.2, 0.25) is 0 Å². The first-order chi connectivity index (χ1) is 7.47. The monoisotopic (exact) mass is 247 g/mol. The van der Waals surface area contributed by atoms with E-state index in [1.54, 1.807) is 0 Å². The first-order valence-electron chi connectivity index (χ1n) is 4.46. The third-order valence-corrected chi connectivity index (χ3v) is 2.53. The lowest BCUT2D eigenvalue weighted by Gasteiger charge is -2.11. The molecule has 0 fully saturated rings. The molecule has 6 heteroatoms. The van der Waals surface area contributed by atoms with E-state index in [1.165, 1.54) is 13.2 Å².